The second-order valence-electron chi connectivity index (χ2n) is 12.5. The van der Waals surface area contributed by atoms with Gasteiger partial charge in [-0.05, 0) is 145 Å². The third kappa shape index (κ3) is 3.87. The van der Waals surface area contributed by atoms with Crippen molar-refractivity contribution in [3.8, 4) is 0 Å². The van der Waals surface area contributed by atoms with E-state index in [2.05, 4.69) is 18.5 Å². The molecule has 0 fully saturated rings. The number of aryl methyl sites for hydroxylation is 4. The van der Waals surface area contributed by atoms with Crippen LogP contribution in [0.4, 0.5) is 0 Å². The Morgan fingerprint density at radius 3 is 0.955 bits per heavy atom. The van der Waals surface area contributed by atoms with Crippen molar-refractivity contribution in [3.63, 3.8) is 0 Å². The summed E-state index contributed by atoms with van der Waals surface area (Å²) in [7, 11) is 5.41. The number of carbonyl (C=O) groups excluding carboxylic acids is 4. The molecule has 2 atom stereocenters. The molecule has 0 N–H and O–H groups in total. The van der Waals surface area contributed by atoms with Crippen molar-refractivity contribution in [1.82, 2.24) is 9.80 Å². The molecule has 4 amide bonds. The van der Waals surface area contributed by atoms with E-state index in [0.717, 1.165) is 92.6 Å². The Hall–Kier alpha value is -3.46. The van der Waals surface area contributed by atoms with E-state index in [1.807, 2.05) is 52.0 Å². The Morgan fingerprint density at radius 1 is 0.432 bits per heavy atom. The molecule has 2 heterocycles. The van der Waals surface area contributed by atoms with Crippen LogP contribution in [0.2, 0.25) is 0 Å². The minimum atomic E-state index is -0.238. The van der Waals surface area contributed by atoms with Crippen molar-refractivity contribution >= 4 is 85.2 Å². The monoisotopic (exact) mass is 622 g/mol. The summed E-state index contributed by atoms with van der Waals surface area (Å²) < 4.78 is 0. The lowest BCUT2D eigenvalue weighted by Crippen LogP contribution is -2.41. The van der Waals surface area contributed by atoms with E-state index in [0.29, 0.717) is 46.1 Å². The Kier molecular flexibility index (Phi) is 7.03. The number of imide groups is 2. The van der Waals surface area contributed by atoms with E-state index in [9.17, 15) is 19.2 Å². The molecule has 0 radical (unpaired) electrons. The average molecular weight is 623 g/mol. The number of amides is 4. The SMILES string of the molecule is Cc1cc2c3c(cc(C)c4c5c(C)cc6c7c(cc(C)c(c1c34)c75)C(=O)N(CCCCP)C6=O)C(=O)N(CCCCP)C2=O. The standard InChI is InChI=1S/C36H36N2O4P2/c1-17-13-21-29-22(34(40)37(33(21)39)9-5-7-11-43)15-19(3)27-28-20(4)16-24-30-23(35(41)38(36(24)42)10-6-8-12-44)14-18(2)26(32(28)30)25(17)31(27)29/h13-16H,5-12,43-44H2,1-4H3. The van der Waals surface area contributed by atoms with Crippen LogP contribution in [0.15, 0.2) is 24.3 Å². The zero-order valence-corrected chi connectivity index (χ0v) is 28.0. The Morgan fingerprint density at radius 2 is 0.705 bits per heavy atom. The van der Waals surface area contributed by atoms with Crippen LogP contribution in [0, 0.1) is 27.7 Å². The lowest BCUT2D eigenvalue weighted by Gasteiger charge is -2.32. The maximum Gasteiger partial charge on any atom is 0.261 e. The average Bonchev–Trinajstić information content (AvgIpc) is 2.99. The quantitative estimate of drug-likeness (QED) is 0.0592. The van der Waals surface area contributed by atoms with Crippen LogP contribution < -0.4 is 0 Å². The number of carbonyl (C=O) groups is 4. The zero-order chi connectivity index (χ0) is 31.2. The predicted octanol–water partition coefficient (Wildman–Crippen LogP) is 7.47. The molecule has 44 heavy (non-hydrogen) atoms. The highest BCUT2D eigenvalue weighted by Gasteiger charge is 2.38. The molecule has 2 aliphatic rings. The molecule has 6 nitrogen and oxygen atoms in total. The molecule has 2 aliphatic heterocycles. The van der Waals surface area contributed by atoms with Crippen molar-refractivity contribution < 1.29 is 19.2 Å². The molecule has 0 aliphatic carbocycles. The van der Waals surface area contributed by atoms with Gasteiger partial charge in [0.05, 0.1) is 0 Å². The normalized spacial score (nSPS) is 15.0. The fourth-order valence-electron chi connectivity index (χ4n) is 7.77. The van der Waals surface area contributed by atoms with Gasteiger partial charge in [0, 0.05) is 46.1 Å². The lowest BCUT2D eigenvalue weighted by atomic mass is 9.77. The summed E-state index contributed by atoms with van der Waals surface area (Å²) in [6, 6.07) is 7.76. The van der Waals surface area contributed by atoms with E-state index in [4.69, 9.17) is 0 Å². The molecule has 0 saturated heterocycles. The van der Waals surface area contributed by atoms with Crippen molar-refractivity contribution in [1.29, 1.82) is 0 Å². The molecule has 2 unspecified atom stereocenters. The first-order valence-corrected chi connectivity index (χ1v) is 17.1. The molecule has 5 aromatic carbocycles. The topological polar surface area (TPSA) is 74.8 Å². The molecule has 8 heteroatoms. The van der Waals surface area contributed by atoms with Gasteiger partial charge in [0.15, 0.2) is 0 Å². The highest BCUT2D eigenvalue weighted by molar-refractivity contribution is 7.16. The summed E-state index contributed by atoms with van der Waals surface area (Å²) in [5, 5.41) is 7.22. The van der Waals surface area contributed by atoms with Crippen molar-refractivity contribution in [2.24, 2.45) is 0 Å². The third-order valence-electron chi connectivity index (χ3n) is 9.67. The van der Waals surface area contributed by atoms with Gasteiger partial charge in [-0.3, -0.25) is 29.0 Å². The summed E-state index contributed by atoms with van der Waals surface area (Å²) >= 11 is 0. The number of rotatable bonds is 8. The highest BCUT2D eigenvalue weighted by Crippen LogP contribution is 2.50. The van der Waals surface area contributed by atoms with E-state index in [1.165, 1.54) is 9.80 Å². The second-order valence-corrected chi connectivity index (χ2v) is 13.6. The zero-order valence-electron chi connectivity index (χ0n) is 25.6. The first-order chi connectivity index (χ1) is 21.1. The fraction of sp³-hybridized carbons (Fsp3) is 0.333. The van der Waals surface area contributed by atoms with Crippen molar-refractivity contribution in [2.45, 2.75) is 53.4 Å². The van der Waals surface area contributed by atoms with Crippen LogP contribution in [0.5, 0.6) is 0 Å². The molecular weight excluding hydrogens is 586 g/mol. The first-order valence-electron chi connectivity index (χ1n) is 15.5. The van der Waals surface area contributed by atoms with Crippen LogP contribution >= 0.6 is 18.5 Å². The van der Waals surface area contributed by atoms with Gasteiger partial charge in [0.2, 0.25) is 0 Å². The summed E-state index contributed by atoms with van der Waals surface area (Å²) in [6.45, 7) is 8.90. The van der Waals surface area contributed by atoms with Gasteiger partial charge < -0.3 is 0 Å². The van der Waals surface area contributed by atoms with Crippen LogP contribution in [0.3, 0.4) is 0 Å². The third-order valence-corrected chi connectivity index (χ3v) is 10.5. The van der Waals surface area contributed by atoms with Crippen LogP contribution in [-0.2, 0) is 0 Å². The molecular formula is C36H36N2O4P2. The molecule has 0 saturated carbocycles. The number of fused-ring (bicyclic) bond motifs is 2. The number of unbranched alkanes of at least 4 members (excludes halogenated alkanes) is 2. The molecule has 5 aromatic rings. The second kappa shape index (κ2) is 10.6. The number of benzene rings is 5. The Labute approximate surface area is 261 Å². The highest BCUT2D eigenvalue weighted by atomic mass is 31.0. The molecule has 224 valence electrons. The van der Waals surface area contributed by atoms with Crippen LogP contribution in [0.25, 0.3) is 43.1 Å². The van der Waals surface area contributed by atoms with Gasteiger partial charge in [-0.1, -0.05) is 0 Å². The first kappa shape index (κ1) is 29.3. The fourth-order valence-corrected chi connectivity index (χ4v) is 8.35. The minimum absolute atomic E-state index is 0.238. The molecule has 0 spiro atoms. The van der Waals surface area contributed by atoms with Crippen molar-refractivity contribution in [2.75, 3.05) is 25.4 Å². The van der Waals surface area contributed by atoms with Gasteiger partial charge >= 0.3 is 0 Å². The number of hydrogen-bond donors (Lipinski definition) is 0. The van der Waals surface area contributed by atoms with Crippen LogP contribution in [-0.4, -0.2) is 58.8 Å². The largest absolute Gasteiger partial charge is 0.274 e. The van der Waals surface area contributed by atoms with Gasteiger partial charge in [-0.15, -0.1) is 18.5 Å². The number of hydrogen-bond acceptors (Lipinski definition) is 4. The predicted molar refractivity (Wildman–Crippen MR) is 185 cm³/mol. The molecule has 0 aromatic heterocycles. The summed E-state index contributed by atoms with van der Waals surface area (Å²) in [5.74, 6) is -0.951. The van der Waals surface area contributed by atoms with Gasteiger partial charge in [-0.25, -0.2) is 0 Å². The lowest BCUT2D eigenvalue weighted by molar-refractivity contribution is 0.0593. The smallest absolute Gasteiger partial charge is 0.261 e. The maximum absolute atomic E-state index is 13.9. The van der Waals surface area contributed by atoms with E-state index in [-0.39, 0.29) is 23.6 Å². The Bertz CT molecular complexity index is 1850. The van der Waals surface area contributed by atoms with Gasteiger partial charge in [0.25, 0.3) is 23.6 Å². The van der Waals surface area contributed by atoms with E-state index < -0.39 is 0 Å². The van der Waals surface area contributed by atoms with E-state index in [1.54, 1.807) is 0 Å². The summed E-state index contributed by atoms with van der Waals surface area (Å²) in [4.78, 5) is 58.4. The molecule has 0 bridgehead atoms. The number of nitrogens with zero attached hydrogens (tertiary/aromatic N) is 2. The van der Waals surface area contributed by atoms with Crippen molar-refractivity contribution in [3.05, 3.63) is 68.8 Å². The summed E-state index contributed by atoms with van der Waals surface area (Å²) in [6.07, 6.45) is 5.21. The molecule has 7 rings (SSSR count). The summed E-state index contributed by atoms with van der Waals surface area (Å²) in [5.41, 5.74) is 6.04. The van der Waals surface area contributed by atoms with Gasteiger partial charge in [0.1, 0.15) is 0 Å². The van der Waals surface area contributed by atoms with E-state index >= 15 is 0 Å². The van der Waals surface area contributed by atoms with Crippen LogP contribution in [0.1, 0.15) is 89.4 Å². The maximum atomic E-state index is 13.9. The van der Waals surface area contributed by atoms with Gasteiger partial charge in [-0.2, -0.15) is 0 Å². The minimum Gasteiger partial charge on any atom is -0.274 e. The Balaban J connectivity index is 1.60.